The van der Waals surface area contributed by atoms with E-state index in [1.807, 2.05) is 0 Å². The van der Waals surface area contributed by atoms with E-state index in [0.29, 0.717) is 11.3 Å². The summed E-state index contributed by atoms with van der Waals surface area (Å²) in [5, 5.41) is 4.45. The van der Waals surface area contributed by atoms with Crippen molar-refractivity contribution < 1.29 is 8.91 Å². The topological polar surface area (TPSA) is 26.0 Å². The van der Waals surface area contributed by atoms with Crippen LogP contribution in [0.5, 0.6) is 0 Å². The summed E-state index contributed by atoms with van der Waals surface area (Å²) in [6.07, 6.45) is 0. The largest absolute Gasteiger partial charge is 0.356 e. The van der Waals surface area contributed by atoms with Gasteiger partial charge in [0.05, 0.1) is 5.88 Å². The Labute approximate surface area is 72.9 Å². The van der Waals surface area contributed by atoms with Gasteiger partial charge in [-0.15, -0.1) is 11.6 Å². The molecule has 0 bridgehead atoms. The third-order valence-electron chi connectivity index (χ3n) is 1.64. The van der Waals surface area contributed by atoms with Crippen LogP contribution in [0.4, 0.5) is 4.39 Å². The SMILES string of the molecule is Fc1ccc2c(CCl)noc2c1. The lowest BCUT2D eigenvalue weighted by molar-refractivity contribution is 0.448. The number of aromatic nitrogens is 1. The van der Waals surface area contributed by atoms with Crippen LogP contribution in [0.3, 0.4) is 0 Å². The van der Waals surface area contributed by atoms with Crippen molar-refractivity contribution in [3.63, 3.8) is 0 Å². The molecule has 2 rings (SSSR count). The summed E-state index contributed by atoms with van der Waals surface area (Å²) in [6.45, 7) is 0. The maximum atomic E-state index is 12.6. The highest BCUT2D eigenvalue weighted by Gasteiger charge is 2.06. The van der Waals surface area contributed by atoms with Crippen LogP contribution in [0, 0.1) is 5.82 Å². The summed E-state index contributed by atoms with van der Waals surface area (Å²) in [5.74, 6) is -0.0571. The first-order valence-corrected chi connectivity index (χ1v) is 3.94. The van der Waals surface area contributed by atoms with Gasteiger partial charge < -0.3 is 4.52 Å². The van der Waals surface area contributed by atoms with Crippen molar-refractivity contribution in [2.75, 3.05) is 0 Å². The normalized spacial score (nSPS) is 10.8. The second-order valence-electron chi connectivity index (χ2n) is 2.40. The average Bonchev–Trinajstić information content (AvgIpc) is 2.46. The van der Waals surface area contributed by atoms with Crippen LogP contribution in [-0.4, -0.2) is 5.16 Å². The van der Waals surface area contributed by atoms with Crippen molar-refractivity contribution in [2.24, 2.45) is 0 Å². The van der Waals surface area contributed by atoms with Crippen LogP contribution in [0.25, 0.3) is 11.0 Å². The summed E-state index contributed by atoms with van der Waals surface area (Å²) >= 11 is 5.57. The molecule has 1 aromatic heterocycles. The summed E-state index contributed by atoms with van der Waals surface area (Å²) in [7, 11) is 0. The lowest BCUT2D eigenvalue weighted by Gasteiger charge is -1.87. The molecule has 0 aliphatic rings. The fourth-order valence-corrected chi connectivity index (χ4v) is 1.25. The zero-order valence-electron chi connectivity index (χ0n) is 6.05. The Kier molecular flexibility index (Phi) is 1.73. The molecule has 2 aromatic rings. The van der Waals surface area contributed by atoms with Crippen molar-refractivity contribution in [3.05, 3.63) is 29.7 Å². The summed E-state index contributed by atoms with van der Waals surface area (Å²) in [5.41, 5.74) is 1.08. The van der Waals surface area contributed by atoms with Crippen molar-refractivity contribution in [1.29, 1.82) is 0 Å². The maximum absolute atomic E-state index is 12.6. The molecule has 0 spiro atoms. The molecule has 0 fully saturated rings. The average molecular weight is 186 g/mol. The lowest BCUT2D eigenvalue weighted by Crippen LogP contribution is -1.76. The number of benzene rings is 1. The van der Waals surface area contributed by atoms with Crippen molar-refractivity contribution in [3.8, 4) is 0 Å². The van der Waals surface area contributed by atoms with E-state index in [2.05, 4.69) is 5.16 Å². The molecule has 0 N–H and O–H groups in total. The smallest absolute Gasteiger partial charge is 0.170 e. The molecule has 1 heterocycles. The lowest BCUT2D eigenvalue weighted by atomic mass is 10.2. The third-order valence-corrected chi connectivity index (χ3v) is 1.89. The van der Waals surface area contributed by atoms with E-state index < -0.39 is 0 Å². The van der Waals surface area contributed by atoms with Gasteiger partial charge in [-0.2, -0.15) is 0 Å². The summed E-state index contributed by atoms with van der Waals surface area (Å²) in [4.78, 5) is 0. The first-order chi connectivity index (χ1) is 5.81. The van der Waals surface area contributed by atoms with E-state index in [1.54, 1.807) is 6.07 Å². The van der Waals surface area contributed by atoms with Gasteiger partial charge in [-0.1, -0.05) is 5.16 Å². The van der Waals surface area contributed by atoms with Gasteiger partial charge in [0.25, 0.3) is 0 Å². The number of halogens is 2. The Bertz CT molecular complexity index is 412. The number of alkyl halides is 1. The Morgan fingerprint density at radius 3 is 3.08 bits per heavy atom. The molecule has 4 heteroatoms. The van der Waals surface area contributed by atoms with Crippen LogP contribution in [0.2, 0.25) is 0 Å². The number of nitrogens with zero attached hydrogens (tertiary/aromatic N) is 1. The molecule has 2 nitrogen and oxygen atoms in total. The highest BCUT2D eigenvalue weighted by atomic mass is 35.5. The molecule has 0 unspecified atom stereocenters. The Balaban J connectivity index is 2.73. The minimum atomic E-state index is -0.334. The Hall–Kier alpha value is -1.09. The monoisotopic (exact) mass is 185 g/mol. The zero-order valence-corrected chi connectivity index (χ0v) is 6.81. The predicted molar refractivity (Wildman–Crippen MR) is 43.5 cm³/mol. The number of rotatable bonds is 1. The van der Waals surface area contributed by atoms with Gasteiger partial charge in [0, 0.05) is 11.5 Å². The first kappa shape index (κ1) is 7.55. The van der Waals surface area contributed by atoms with Gasteiger partial charge in [-0.3, -0.25) is 0 Å². The van der Waals surface area contributed by atoms with E-state index in [4.69, 9.17) is 16.1 Å². The number of hydrogen-bond acceptors (Lipinski definition) is 2. The molecule has 0 radical (unpaired) electrons. The van der Waals surface area contributed by atoms with E-state index >= 15 is 0 Å². The molecule has 62 valence electrons. The highest BCUT2D eigenvalue weighted by molar-refractivity contribution is 6.17. The Morgan fingerprint density at radius 2 is 2.33 bits per heavy atom. The third kappa shape index (κ3) is 1.06. The van der Waals surface area contributed by atoms with Gasteiger partial charge in [-0.25, -0.2) is 4.39 Å². The van der Waals surface area contributed by atoms with Gasteiger partial charge in [0.1, 0.15) is 11.5 Å². The first-order valence-electron chi connectivity index (χ1n) is 3.41. The molecule has 0 saturated carbocycles. The van der Waals surface area contributed by atoms with Crippen LogP contribution in [0.15, 0.2) is 22.7 Å². The van der Waals surface area contributed by atoms with E-state index in [-0.39, 0.29) is 11.7 Å². The summed E-state index contributed by atoms with van der Waals surface area (Å²) < 4.78 is 17.5. The second-order valence-corrected chi connectivity index (χ2v) is 2.67. The van der Waals surface area contributed by atoms with Gasteiger partial charge in [-0.05, 0) is 12.1 Å². The molecule has 0 atom stereocenters. The van der Waals surface area contributed by atoms with Crippen LogP contribution < -0.4 is 0 Å². The summed E-state index contributed by atoms with van der Waals surface area (Å²) in [6, 6.07) is 4.26. The zero-order chi connectivity index (χ0) is 8.55. The van der Waals surface area contributed by atoms with Gasteiger partial charge in [0.2, 0.25) is 0 Å². The molecular weight excluding hydrogens is 181 g/mol. The van der Waals surface area contributed by atoms with Crippen LogP contribution in [0.1, 0.15) is 5.69 Å². The van der Waals surface area contributed by atoms with Crippen molar-refractivity contribution >= 4 is 22.6 Å². The molecule has 0 amide bonds. The molecule has 1 aromatic carbocycles. The van der Waals surface area contributed by atoms with Gasteiger partial charge >= 0.3 is 0 Å². The van der Waals surface area contributed by atoms with E-state index in [1.165, 1.54) is 12.1 Å². The van der Waals surface area contributed by atoms with Crippen molar-refractivity contribution in [1.82, 2.24) is 5.16 Å². The van der Waals surface area contributed by atoms with Crippen molar-refractivity contribution in [2.45, 2.75) is 5.88 Å². The molecular formula is C8H5ClFNO. The highest BCUT2D eigenvalue weighted by Crippen LogP contribution is 2.20. The van der Waals surface area contributed by atoms with E-state index in [0.717, 1.165) is 5.39 Å². The fraction of sp³-hybridized carbons (Fsp3) is 0.125. The second kappa shape index (κ2) is 2.75. The quantitative estimate of drug-likeness (QED) is 0.639. The van der Waals surface area contributed by atoms with Gasteiger partial charge in [0.15, 0.2) is 5.58 Å². The maximum Gasteiger partial charge on any atom is 0.170 e. The minimum absolute atomic E-state index is 0.276. The molecule has 0 aliphatic carbocycles. The van der Waals surface area contributed by atoms with E-state index in [9.17, 15) is 4.39 Å². The molecule has 0 aliphatic heterocycles. The fourth-order valence-electron chi connectivity index (χ4n) is 1.06. The number of fused-ring (bicyclic) bond motifs is 1. The standard InChI is InChI=1S/C8H5ClFNO/c9-4-7-6-2-1-5(10)3-8(6)12-11-7/h1-3H,4H2. The number of hydrogen-bond donors (Lipinski definition) is 0. The molecule has 12 heavy (non-hydrogen) atoms. The van der Waals surface area contributed by atoms with Crippen LogP contribution in [-0.2, 0) is 5.88 Å². The minimum Gasteiger partial charge on any atom is -0.356 e. The predicted octanol–water partition coefficient (Wildman–Crippen LogP) is 2.71. The Morgan fingerprint density at radius 1 is 1.50 bits per heavy atom. The van der Waals surface area contributed by atoms with Crippen LogP contribution >= 0.6 is 11.6 Å². The molecule has 0 saturated heterocycles.